The molecule has 8 heteroatoms. The molecular formula is C14H23N5O3. The van der Waals surface area contributed by atoms with Crippen LogP contribution in [0, 0.1) is 0 Å². The second-order valence-electron chi connectivity index (χ2n) is 5.18. The van der Waals surface area contributed by atoms with Crippen molar-refractivity contribution in [3.8, 4) is 0 Å². The summed E-state index contributed by atoms with van der Waals surface area (Å²) in [6, 6.07) is 1.82. The van der Waals surface area contributed by atoms with Crippen LogP contribution in [0.4, 0.5) is 10.6 Å². The SMILES string of the molecule is CCOCCNC(=O)N1CC[C@H](n2ccc(NC(C)=O)n2)C1. The molecule has 1 fully saturated rings. The summed E-state index contributed by atoms with van der Waals surface area (Å²) < 4.78 is 6.99. The Bertz CT molecular complexity index is 516. The van der Waals surface area contributed by atoms with E-state index in [1.165, 1.54) is 6.92 Å². The zero-order valence-electron chi connectivity index (χ0n) is 13.0. The minimum atomic E-state index is -0.146. The van der Waals surface area contributed by atoms with Gasteiger partial charge in [0.25, 0.3) is 0 Å². The van der Waals surface area contributed by atoms with Crippen molar-refractivity contribution in [1.82, 2.24) is 20.0 Å². The summed E-state index contributed by atoms with van der Waals surface area (Å²) in [7, 11) is 0. The Labute approximate surface area is 129 Å². The molecule has 0 aromatic carbocycles. The van der Waals surface area contributed by atoms with Crippen molar-refractivity contribution in [1.29, 1.82) is 0 Å². The number of anilines is 1. The van der Waals surface area contributed by atoms with Gasteiger partial charge < -0.3 is 20.3 Å². The maximum atomic E-state index is 12.0. The predicted molar refractivity (Wildman–Crippen MR) is 81.6 cm³/mol. The van der Waals surface area contributed by atoms with Crippen LogP contribution in [0.3, 0.4) is 0 Å². The number of rotatable bonds is 6. The number of carbonyl (C=O) groups excluding carboxylic acids is 2. The minimum absolute atomic E-state index is 0.0727. The van der Waals surface area contributed by atoms with E-state index in [9.17, 15) is 9.59 Å². The standard InChI is InChI=1S/C14H23N5O3/c1-3-22-9-6-15-14(21)18-7-4-12(10-18)19-8-5-13(17-19)16-11(2)20/h5,8,12H,3-4,6-7,9-10H2,1-2H3,(H,15,21)(H,16,17,20)/t12-/m0/s1. The van der Waals surface area contributed by atoms with Crippen molar-refractivity contribution in [3.63, 3.8) is 0 Å². The lowest BCUT2D eigenvalue weighted by Crippen LogP contribution is -2.40. The third kappa shape index (κ3) is 4.45. The molecule has 2 rings (SSSR count). The Morgan fingerprint density at radius 2 is 2.32 bits per heavy atom. The zero-order chi connectivity index (χ0) is 15.9. The lowest BCUT2D eigenvalue weighted by molar-refractivity contribution is -0.114. The largest absolute Gasteiger partial charge is 0.380 e. The first-order chi connectivity index (χ1) is 10.6. The summed E-state index contributed by atoms with van der Waals surface area (Å²) in [5.74, 6) is 0.388. The number of hydrogen-bond acceptors (Lipinski definition) is 4. The summed E-state index contributed by atoms with van der Waals surface area (Å²) in [6.07, 6.45) is 2.67. The normalized spacial score (nSPS) is 17.5. The van der Waals surface area contributed by atoms with Crippen molar-refractivity contribution >= 4 is 17.8 Å². The molecule has 2 N–H and O–H groups in total. The van der Waals surface area contributed by atoms with Gasteiger partial charge in [0, 0.05) is 45.4 Å². The van der Waals surface area contributed by atoms with Gasteiger partial charge in [0.15, 0.2) is 5.82 Å². The Morgan fingerprint density at radius 3 is 3.05 bits per heavy atom. The van der Waals surface area contributed by atoms with Gasteiger partial charge in [-0.3, -0.25) is 9.48 Å². The van der Waals surface area contributed by atoms with Gasteiger partial charge in [-0.15, -0.1) is 0 Å². The molecule has 0 saturated carbocycles. The fourth-order valence-electron chi connectivity index (χ4n) is 2.42. The van der Waals surface area contributed by atoms with Gasteiger partial charge in [0.2, 0.25) is 5.91 Å². The summed E-state index contributed by atoms with van der Waals surface area (Å²) >= 11 is 0. The Hall–Kier alpha value is -2.09. The third-order valence-electron chi connectivity index (χ3n) is 3.46. The summed E-state index contributed by atoms with van der Waals surface area (Å²) in [5, 5.41) is 9.80. The van der Waals surface area contributed by atoms with E-state index in [2.05, 4.69) is 15.7 Å². The molecule has 1 aromatic rings. The average molecular weight is 309 g/mol. The van der Waals surface area contributed by atoms with Crippen LogP contribution < -0.4 is 10.6 Å². The van der Waals surface area contributed by atoms with Crippen molar-refractivity contribution in [2.75, 3.05) is 38.2 Å². The van der Waals surface area contributed by atoms with Crippen molar-refractivity contribution < 1.29 is 14.3 Å². The van der Waals surface area contributed by atoms with E-state index in [1.807, 2.05) is 13.1 Å². The molecule has 8 nitrogen and oxygen atoms in total. The highest BCUT2D eigenvalue weighted by Crippen LogP contribution is 2.21. The number of amides is 3. The topological polar surface area (TPSA) is 88.5 Å². The predicted octanol–water partition coefficient (Wildman–Crippen LogP) is 0.834. The van der Waals surface area contributed by atoms with E-state index in [-0.39, 0.29) is 18.0 Å². The van der Waals surface area contributed by atoms with Crippen LogP contribution in [0.5, 0.6) is 0 Å². The van der Waals surface area contributed by atoms with E-state index >= 15 is 0 Å². The van der Waals surface area contributed by atoms with E-state index in [0.29, 0.717) is 38.7 Å². The lowest BCUT2D eigenvalue weighted by Gasteiger charge is -2.17. The summed E-state index contributed by atoms with van der Waals surface area (Å²) in [4.78, 5) is 24.8. The Morgan fingerprint density at radius 1 is 1.50 bits per heavy atom. The zero-order valence-corrected chi connectivity index (χ0v) is 13.0. The second kappa shape index (κ2) is 7.79. The number of carbonyl (C=O) groups is 2. The van der Waals surface area contributed by atoms with Gasteiger partial charge in [-0.05, 0) is 13.3 Å². The molecule has 0 radical (unpaired) electrons. The van der Waals surface area contributed by atoms with E-state index in [0.717, 1.165) is 6.42 Å². The molecule has 0 spiro atoms. The number of urea groups is 1. The molecular weight excluding hydrogens is 286 g/mol. The van der Waals surface area contributed by atoms with Crippen molar-refractivity contribution in [2.45, 2.75) is 26.3 Å². The molecule has 1 aliphatic heterocycles. The average Bonchev–Trinajstić information content (AvgIpc) is 3.11. The Balaban J connectivity index is 1.80. The van der Waals surface area contributed by atoms with Gasteiger partial charge >= 0.3 is 6.03 Å². The fraction of sp³-hybridized carbons (Fsp3) is 0.643. The molecule has 0 unspecified atom stereocenters. The van der Waals surface area contributed by atoms with E-state index in [4.69, 9.17) is 4.74 Å². The van der Waals surface area contributed by atoms with Crippen LogP contribution in [0.25, 0.3) is 0 Å². The van der Waals surface area contributed by atoms with Crippen LogP contribution in [0.2, 0.25) is 0 Å². The van der Waals surface area contributed by atoms with Crippen LogP contribution >= 0.6 is 0 Å². The van der Waals surface area contributed by atoms with Crippen LogP contribution in [0.15, 0.2) is 12.3 Å². The van der Waals surface area contributed by atoms with Gasteiger partial charge in [-0.1, -0.05) is 0 Å². The number of aromatic nitrogens is 2. The first-order valence-corrected chi connectivity index (χ1v) is 7.53. The molecule has 3 amide bonds. The monoisotopic (exact) mass is 309 g/mol. The lowest BCUT2D eigenvalue weighted by atomic mass is 10.3. The first kappa shape index (κ1) is 16.3. The summed E-state index contributed by atoms with van der Waals surface area (Å²) in [6.45, 7) is 6.37. The Kier molecular flexibility index (Phi) is 5.76. The number of nitrogens with zero attached hydrogens (tertiary/aromatic N) is 3. The highest BCUT2D eigenvalue weighted by molar-refractivity contribution is 5.87. The number of nitrogens with one attached hydrogen (secondary N) is 2. The van der Waals surface area contributed by atoms with Gasteiger partial charge in [-0.2, -0.15) is 5.10 Å². The second-order valence-corrected chi connectivity index (χ2v) is 5.18. The molecule has 1 saturated heterocycles. The maximum absolute atomic E-state index is 12.0. The number of hydrogen-bond donors (Lipinski definition) is 2. The minimum Gasteiger partial charge on any atom is -0.380 e. The van der Waals surface area contributed by atoms with Crippen LogP contribution in [-0.2, 0) is 9.53 Å². The molecule has 0 bridgehead atoms. The van der Waals surface area contributed by atoms with E-state index < -0.39 is 0 Å². The maximum Gasteiger partial charge on any atom is 0.317 e. The smallest absolute Gasteiger partial charge is 0.317 e. The molecule has 1 aromatic heterocycles. The summed E-state index contributed by atoms with van der Waals surface area (Å²) in [5.41, 5.74) is 0. The van der Waals surface area contributed by atoms with E-state index in [1.54, 1.807) is 15.6 Å². The van der Waals surface area contributed by atoms with Crippen LogP contribution in [0.1, 0.15) is 26.3 Å². The van der Waals surface area contributed by atoms with Crippen molar-refractivity contribution in [3.05, 3.63) is 12.3 Å². The fourth-order valence-corrected chi connectivity index (χ4v) is 2.42. The molecule has 0 aliphatic carbocycles. The van der Waals surface area contributed by atoms with Gasteiger partial charge in [0.05, 0.1) is 12.6 Å². The van der Waals surface area contributed by atoms with Crippen LogP contribution in [-0.4, -0.2) is 59.5 Å². The van der Waals surface area contributed by atoms with Gasteiger partial charge in [-0.25, -0.2) is 4.79 Å². The number of ether oxygens (including phenoxy) is 1. The first-order valence-electron chi connectivity index (χ1n) is 7.53. The highest BCUT2D eigenvalue weighted by atomic mass is 16.5. The highest BCUT2D eigenvalue weighted by Gasteiger charge is 2.27. The molecule has 2 heterocycles. The third-order valence-corrected chi connectivity index (χ3v) is 3.46. The molecule has 122 valence electrons. The number of likely N-dealkylation sites (tertiary alicyclic amines) is 1. The molecule has 22 heavy (non-hydrogen) atoms. The molecule has 1 atom stereocenters. The van der Waals surface area contributed by atoms with Gasteiger partial charge in [0.1, 0.15) is 0 Å². The van der Waals surface area contributed by atoms with Crippen molar-refractivity contribution in [2.24, 2.45) is 0 Å². The molecule has 1 aliphatic rings. The quantitative estimate of drug-likeness (QED) is 0.762.